The predicted molar refractivity (Wildman–Crippen MR) is 116 cm³/mol. The third kappa shape index (κ3) is 3.14. The van der Waals surface area contributed by atoms with E-state index in [1.807, 2.05) is 18.2 Å². The van der Waals surface area contributed by atoms with E-state index in [0.29, 0.717) is 24.2 Å². The molecule has 5 nitrogen and oxygen atoms in total. The van der Waals surface area contributed by atoms with E-state index in [1.54, 1.807) is 0 Å². The summed E-state index contributed by atoms with van der Waals surface area (Å²) in [4.78, 5) is 19.9. The number of amides is 1. The van der Waals surface area contributed by atoms with Gasteiger partial charge in [0, 0.05) is 30.7 Å². The number of hydrogen-bond acceptors (Lipinski definition) is 3. The number of nitrogens with one attached hydrogen (secondary N) is 1. The van der Waals surface area contributed by atoms with Crippen LogP contribution in [0.2, 0.25) is 0 Å². The van der Waals surface area contributed by atoms with Crippen molar-refractivity contribution in [1.29, 1.82) is 0 Å². The minimum Gasteiger partial charge on any atom is -0.350 e. The van der Waals surface area contributed by atoms with Gasteiger partial charge in [-0.2, -0.15) is 0 Å². The number of carbonyl (C=O) groups excluding carboxylic acids is 1. The zero-order valence-corrected chi connectivity index (χ0v) is 17.2. The number of likely N-dealkylation sites (tertiary alicyclic amines) is 1. The third-order valence-corrected chi connectivity index (χ3v) is 6.39. The summed E-state index contributed by atoms with van der Waals surface area (Å²) in [6.45, 7) is 7.13. The number of para-hydroxylation sites is 1. The summed E-state index contributed by atoms with van der Waals surface area (Å²) in [5.41, 5.74) is 5.05. The summed E-state index contributed by atoms with van der Waals surface area (Å²) < 4.78 is 2.19. The molecule has 3 aromatic rings. The van der Waals surface area contributed by atoms with Gasteiger partial charge < -0.3 is 9.88 Å². The molecule has 3 heterocycles. The van der Waals surface area contributed by atoms with Crippen LogP contribution in [0.1, 0.15) is 55.1 Å². The molecule has 0 saturated carbocycles. The smallest absolute Gasteiger partial charge is 0.253 e. The lowest BCUT2D eigenvalue weighted by molar-refractivity contribution is 0.0956. The van der Waals surface area contributed by atoms with Gasteiger partial charge in [0.15, 0.2) is 0 Å². The van der Waals surface area contributed by atoms with Crippen LogP contribution >= 0.6 is 0 Å². The summed E-state index contributed by atoms with van der Waals surface area (Å²) in [5.74, 6) is 0.932. The molecule has 150 valence electrons. The molecule has 1 unspecified atom stereocenters. The average Bonchev–Trinajstić information content (AvgIpc) is 3.03. The lowest BCUT2D eigenvalue weighted by Crippen LogP contribution is -2.38. The topological polar surface area (TPSA) is 50.2 Å². The summed E-state index contributed by atoms with van der Waals surface area (Å²) >= 11 is 0. The first-order valence-corrected chi connectivity index (χ1v) is 10.8. The Morgan fingerprint density at radius 1 is 1.07 bits per heavy atom. The largest absolute Gasteiger partial charge is 0.350 e. The number of nitrogens with zero attached hydrogens (tertiary/aromatic N) is 3. The van der Waals surface area contributed by atoms with E-state index in [1.165, 1.54) is 31.4 Å². The van der Waals surface area contributed by atoms with Gasteiger partial charge in [-0.1, -0.05) is 36.8 Å². The molecule has 2 aromatic carbocycles. The van der Waals surface area contributed by atoms with Gasteiger partial charge in [0.25, 0.3) is 5.91 Å². The molecule has 5 rings (SSSR count). The highest BCUT2D eigenvalue weighted by Crippen LogP contribution is 2.34. The van der Waals surface area contributed by atoms with Gasteiger partial charge in [-0.25, -0.2) is 4.98 Å². The molecule has 0 radical (unpaired) electrons. The maximum atomic E-state index is 12.4. The van der Waals surface area contributed by atoms with Gasteiger partial charge in [-0.15, -0.1) is 0 Å². The second kappa shape index (κ2) is 7.30. The molecule has 0 aliphatic carbocycles. The van der Waals surface area contributed by atoms with Crippen molar-refractivity contribution >= 4 is 16.9 Å². The van der Waals surface area contributed by atoms with Gasteiger partial charge in [-0.05, 0) is 50.9 Å². The van der Waals surface area contributed by atoms with Crippen molar-refractivity contribution < 1.29 is 4.79 Å². The first-order chi connectivity index (χ1) is 14.1. The van der Waals surface area contributed by atoms with Crippen LogP contribution in [0.4, 0.5) is 0 Å². The normalized spacial score (nSPS) is 20.1. The summed E-state index contributed by atoms with van der Waals surface area (Å²) in [7, 11) is 0. The van der Waals surface area contributed by atoms with Crippen molar-refractivity contribution in [2.75, 3.05) is 13.1 Å². The van der Waals surface area contributed by atoms with Crippen molar-refractivity contribution in [1.82, 2.24) is 19.8 Å². The maximum absolute atomic E-state index is 12.4. The molecule has 1 N–H and O–H groups in total. The number of aromatic nitrogens is 2. The van der Waals surface area contributed by atoms with Crippen LogP contribution < -0.4 is 5.32 Å². The highest BCUT2D eigenvalue weighted by atomic mass is 16.1. The van der Waals surface area contributed by atoms with E-state index >= 15 is 0 Å². The number of carbonyl (C=O) groups is 1. The summed E-state index contributed by atoms with van der Waals surface area (Å²) in [6, 6.07) is 15.8. The van der Waals surface area contributed by atoms with Gasteiger partial charge in [0.05, 0.1) is 16.6 Å². The Kier molecular flexibility index (Phi) is 4.63. The second-order valence-corrected chi connectivity index (χ2v) is 8.48. The summed E-state index contributed by atoms with van der Waals surface area (Å²) in [6.07, 6.45) is 3.83. The van der Waals surface area contributed by atoms with Gasteiger partial charge in [0.1, 0.15) is 5.82 Å². The second-order valence-electron chi connectivity index (χ2n) is 8.48. The summed E-state index contributed by atoms with van der Waals surface area (Å²) in [5, 5.41) is 2.99. The van der Waals surface area contributed by atoms with Gasteiger partial charge in [-0.3, -0.25) is 9.69 Å². The highest BCUT2D eigenvalue weighted by Gasteiger charge is 2.26. The van der Waals surface area contributed by atoms with Gasteiger partial charge in [0.2, 0.25) is 0 Å². The molecule has 0 bridgehead atoms. The average molecular weight is 389 g/mol. The monoisotopic (exact) mass is 388 g/mol. The number of rotatable bonds is 3. The molecular weight excluding hydrogens is 360 g/mol. The maximum Gasteiger partial charge on any atom is 0.253 e. The first-order valence-electron chi connectivity index (χ1n) is 10.8. The molecule has 5 heteroatoms. The highest BCUT2D eigenvalue weighted by molar-refractivity contribution is 6.06. The number of hydrogen-bond donors (Lipinski definition) is 1. The van der Waals surface area contributed by atoms with Crippen molar-refractivity contribution in [3.05, 3.63) is 53.6 Å². The van der Waals surface area contributed by atoms with Crippen molar-refractivity contribution in [3.63, 3.8) is 0 Å². The van der Waals surface area contributed by atoms with Crippen LogP contribution in [-0.4, -0.2) is 39.5 Å². The van der Waals surface area contributed by atoms with Crippen LogP contribution in [0.5, 0.6) is 0 Å². The lowest BCUT2D eigenvalue weighted by atomic mass is 9.93. The minimum absolute atomic E-state index is 0.0118. The van der Waals surface area contributed by atoms with Gasteiger partial charge >= 0.3 is 0 Å². The predicted octanol–water partition coefficient (Wildman–Crippen LogP) is 4.38. The molecule has 1 fully saturated rings. The quantitative estimate of drug-likeness (QED) is 0.724. The Labute approximate surface area is 171 Å². The van der Waals surface area contributed by atoms with Crippen molar-refractivity contribution in [3.8, 4) is 11.4 Å². The first kappa shape index (κ1) is 18.4. The Morgan fingerprint density at radius 2 is 1.90 bits per heavy atom. The third-order valence-electron chi connectivity index (χ3n) is 6.39. The molecule has 1 amide bonds. The van der Waals surface area contributed by atoms with E-state index in [2.05, 4.69) is 52.9 Å². The van der Waals surface area contributed by atoms with Crippen LogP contribution in [0.3, 0.4) is 0 Å². The zero-order chi connectivity index (χ0) is 20.0. The Bertz CT molecular complexity index is 1050. The molecule has 1 atom stereocenters. The van der Waals surface area contributed by atoms with E-state index < -0.39 is 0 Å². The SMILES string of the molecule is CC(C)N1CCCCC1c1ccc(-c2nc3cccc4c3n2CCNC4=O)cc1. The Morgan fingerprint density at radius 3 is 2.69 bits per heavy atom. The number of piperidine rings is 1. The van der Waals surface area contributed by atoms with Crippen molar-refractivity contribution in [2.24, 2.45) is 0 Å². The van der Waals surface area contributed by atoms with E-state index in [4.69, 9.17) is 4.98 Å². The standard InChI is InChI=1S/C24H28N4O/c1-16(2)27-14-4-3-8-21(27)17-9-11-18(12-10-17)23-26-20-7-5-6-19-22(20)28(23)15-13-25-24(19)29/h5-7,9-12,16,21H,3-4,8,13-15H2,1-2H3,(H,25,29). The zero-order valence-electron chi connectivity index (χ0n) is 17.2. The van der Waals surface area contributed by atoms with E-state index in [9.17, 15) is 4.79 Å². The Balaban J connectivity index is 1.54. The fourth-order valence-electron chi connectivity index (χ4n) is 4.97. The van der Waals surface area contributed by atoms with Crippen LogP contribution in [0.15, 0.2) is 42.5 Å². The van der Waals surface area contributed by atoms with Crippen LogP contribution in [-0.2, 0) is 6.54 Å². The fourth-order valence-corrected chi connectivity index (χ4v) is 4.97. The number of benzene rings is 2. The molecular formula is C24H28N4O. The number of imidazole rings is 1. The van der Waals surface area contributed by atoms with Crippen LogP contribution in [0.25, 0.3) is 22.4 Å². The molecule has 0 spiro atoms. The van der Waals surface area contributed by atoms with E-state index in [-0.39, 0.29) is 5.91 Å². The molecule has 2 aliphatic heterocycles. The lowest BCUT2D eigenvalue weighted by Gasteiger charge is -2.39. The minimum atomic E-state index is -0.0118. The molecule has 1 aromatic heterocycles. The molecule has 2 aliphatic rings. The Hall–Kier alpha value is -2.66. The molecule has 1 saturated heterocycles. The molecule has 29 heavy (non-hydrogen) atoms. The van der Waals surface area contributed by atoms with Crippen molar-refractivity contribution in [2.45, 2.75) is 51.7 Å². The van der Waals surface area contributed by atoms with E-state index in [0.717, 1.165) is 29.0 Å². The van der Waals surface area contributed by atoms with Crippen LogP contribution in [0, 0.1) is 0 Å². The fraction of sp³-hybridized carbons (Fsp3) is 0.417.